The van der Waals surface area contributed by atoms with Gasteiger partial charge in [0.05, 0.1) is 7.11 Å². The van der Waals surface area contributed by atoms with Crippen LogP contribution in [0.3, 0.4) is 0 Å². The molecule has 0 heterocycles. The van der Waals surface area contributed by atoms with E-state index in [1.807, 2.05) is 0 Å². The van der Waals surface area contributed by atoms with Gasteiger partial charge in [-0.25, -0.2) is 0 Å². The summed E-state index contributed by atoms with van der Waals surface area (Å²) >= 11 is 0. The first kappa shape index (κ1) is 8.57. The van der Waals surface area contributed by atoms with E-state index in [1.165, 1.54) is 25.7 Å². The number of rotatable bonds is 1. The van der Waals surface area contributed by atoms with Crippen molar-refractivity contribution in [3.05, 3.63) is 0 Å². The van der Waals surface area contributed by atoms with Crippen LogP contribution in [0.25, 0.3) is 0 Å². The lowest BCUT2D eigenvalue weighted by atomic mass is 10.0. The molecule has 0 bridgehead atoms. The zero-order chi connectivity index (χ0) is 8.10. The summed E-state index contributed by atoms with van der Waals surface area (Å²) in [6, 6.07) is 0. The molecule has 0 unspecified atom stereocenters. The Balaban J connectivity index is 2.36. The SMILES string of the molecule is COC(=N)C1CCCCCC1. The van der Waals surface area contributed by atoms with E-state index in [0.717, 1.165) is 12.8 Å². The summed E-state index contributed by atoms with van der Waals surface area (Å²) in [5.74, 6) is 0.911. The predicted octanol–water partition coefficient (Wildman–Crippen LogP) is 2.58. The van der Waals surface area contributed by atoms with E-state index in [9.17, 15) is 0 Å². The first-order valence-corrected chi connectivity index (χ1v) is 4.47. The van der Waals surface area contributed by atoms with Gasteiger partial charge in [0.2, 0.25) is 0 Å². The molecule has 0 aromatic rings. The highest BCUT2D eigenvalue weighted by Gasteiger charge is 2.16. The molecule has 1 aliphatic rings. The predicted molar refractivity (Wildman–Crippen MR) is 45.9 cm³/mol. The summed E-state index contributed by atoms with van der Waals surface area (Å²) in [5, 5.41) is 7.51. The molecule has 1 rings (SSSR count). The van der Waals surface area contributed by atoms with Crippen LogP contribution >= 0.6 is 0 Å². The largest absolute Gasteiger partial charge is 0.484 e. The third-order valence-electron chi connectivity index (χ3n) is 2.45. The highest BCUT2D eigenvalue weighted by atomic mass is 16.5. The van der Waals surface area contributed by atoms with Crippen LogP contribution in [0.4, 0.5) is 0 Å². The lowest BCUT2D eigenvalue weighted by molar-refractivity contribution is 0.349. The normalized spacial score (nSPS) is 20.8. The number of hydrogen-bond acceptors (Lipinski definition) is 2. The van der Waals surface area contributed by atoms with Crippen molar-refractivity contribution in [2.75, 3.05) is 7.11 Å². The molecule has 1 aliphatic carbocycles. The van der Waals surface area contributed by atoms with Crippen molar-refractivity contribution in [2.24, 2.45) is 5.92 Å². The summed E-state index contributed by atoms with van der Waals surface area (Å²) in [4.78, 5) is 0. The van der Waals surface area contributed by atoms with Crippen molar-refractivity contribution in [1.29, 1.82) is 5.41 Å². The Morgan fingerprint density at radius 3 is 2.18 bits per heavy atom. The van der Waals surface area contributed by atoms with Crippen LogP contribution in [0.2, 0.25) is 0 Å². The van der Waals surface area contributed by atoms with Crippen molar-refractivity contribution in [2.45, 2.75) is 38.5 Å². The zero-order valence-electron chi connectivity index (χ0n) is 7.23. The Hall–Kier alpha value is -0.530. The molecule has 0 aliphatic heterocycles. The maximum atomic E-state index is 7.51. The molecule has 0 radical (unpaired) electrons. The topological polar surface area (TPSA) is 33.1 Å². The fourth-order valence-corrected chi connectivity index (χ4v) is 1.71. The first-order chi connectivity index (χ1) is 5.34. The van der Waals surface area contributed by atoms with Gasteiger partial charge >= 0.3 is 0 Å². The fraction of sp³-hybridized carbons (Fsp3) is 0.889. The van der Waals surface area contributed by atoms with Gasteiger partial charge < -0.3 is 4.74 Å². The van der Waals surface area contributed by atoms with Gasteiger partial charge in [-0.3, -0.25) is 5.41 Å². The van der Waals surface area contributed by atoms with Crippen LogP contribution in [0.15, 0.2) is 0 Å². The minimum Gasteiger partial charge on any atom is -0.484 e. The zero-order valence-corrected chi connectivity index (χ0v) is 7.23. The number of hydrogen-bond donors (Lipinski definition) is 1. The monoisotopic (exact) mass is 155 g/mol. The van der Waals surface area contributed by atoms with Crippen molar-refractivity contribution < 1.29 is 4.74 Å². The van der Waals surface area contributed by atoms with Crippen LogP contribution in [-0.2, 0) is 4.74 Å². The molecular weight excluding hydrogens is 138 g/mol. The van der Waals surface area contributed by atoms with Crippen molar-refractivity contribution in [3.63, 3.8) is 0 Å². The molecule has 2 nitrogen and oxygen atoms in total. The van der Waals surface area contributed by atoms with Gasteiger partial charge in [0, 0.05) is 5.92 Å². The minimum atomic E-state index is 0.419. The molecule has 0 aromatic carbocycles. The second-order valence-corrected chi connectivity index (χ2v) is 3.26. The van der Waals surface area contributed by atoms with E-state index in [0.29, 0.717) is 11.8 Å². The third kappa shape index (κ3) is 2.52. The average molecular weight is 155 g/mol. The Bertz CT molecular complexity index is 126. The van der Waals surface area contributed by atoms with E-state index in [2.05, 4.69) is 0 Å². The summed E-state index contributed by atoms with van der Waals surface area (Å²) in [6.07, 6.45) is 7.55. The third-order valence-corrected chi connectivity index (χ3v) is 2.45. The lowest BCUT2D eigenvalue weighted by Gasteiger charge is -2.12. The molecule has 2 heteroatoms. The molecular formula is C9H17NO. The maximum Gasteiger partial charge on any atom is 0.183 e. The van der Waals surface area contributed by atoms with E-state index >= 15 is 0 Å². The highest BCUT2D eigenvalue weighted by molar-refractivity contribution is 5.75. The van der Waals surface area contributed by atoms with Crippen LogP contribution < -0.4 is 0 Å². The summed E-state index contributed by atoms with van der Waals surface area (Å²) < 4.78 is 4.93. The molecule has 1 fully saturated rings. The number of nitrogens with one attached hydrogen (secondary N) is 1. The molecule has 64 valence electrons. The molecule has 0 atom stereocenters. The summed E-state index contributed by atoms with van der Waals surface area (Å²) in [5.41, 5.74) is 0. The Labute approximate surface area is 68.5 Å². The summed E-state index contributed by atoms with van der Waals surface area (Å²) in [7, 11) is 1.60. The molecule has 0 aromatic heterocycles. The van der Waals surface area contributed by atoms with E-state index < -0.39 is 0 Å². The van der Waals surface area contributed by atoms with Crippen molar-refractivity contribution in [3.8, 4) is 0 Å². The Morgan fingerprint density at radius 2 is 1.73 bits per heavy atom. The minimum absolute atomic E-state index is 0.419. The lowest BCUT2D eigenvalue weighted by Crippen LogP contribution is -2.14. The second-order valence-electron chi connectivity index (χ2n) is 3.26. The van der Waals surface area contributed by atoms with Crippen LogP contribution in [0.5, 0.6) is 0 Å². The molecule has 0 amide bonds. The van der Waals surface area contributed by atoms with E-state index in [-0.39, 0.29) is 0 Å². The second kappa shape index (κ2) is 4.37. The van der Waals surface area contributed by atoms with Crippen molar-refractivity contribution >= 4 is 5.90 Å². The van der Waals surface area contributed by atoms with E-state index in [4.69, 9.17) is 10.1 Å². The maximum absolute atomic E-state index is 7.51. The quantitative estimate of drug-likeness (QED) is 0.352. The molecule has 11 heavy (non-hydrogen) atoms. The van der Waals surface area contributed by atoms with Gasteiger partial charge in [0.15, 0.2) is 5.90 Å². The molecule has 0 saturated heterocycles. The van der Waals surface area contributed by atoms with Gasteiger partial charge in [-0.2, -0.15) is 0 Å². The first-order valence-electron chi connectivity index (χ1n) is 4.47. The van der Waals surface area contributed by atoms with Gasteiger partial charge in [-0.05, 0) is 12.8 Å². The summed E-state index contributed by atoms with van der Waals surface area (Å²) in [6.45, 7) is 0. The average Bonchev–Trinajstić information content (AvgIpc) is 2.30. The van der Waals surface area contributed by atoms with Crippen LogP contribution in [0.1, 0.15) is 38.5 Å². The van der Waals surface area contributed by atoms with Gasteiger partial charge in [-0.1, -0.05) is 25.7 Å². The molecule has 1 saturated carbocycles. The highest BCUT2D eigenvalue weighted by Crippen LogP contribution is 2.23. The van der Waals surface area contributed by atoms with Gasteiger partial charge in [-0.15, -0.1) is 0 Å². The molecule has 1 N–H and O–H groups in total. The number of methoxy groups -OCH3 is 1. The molecule has 0 spiro atoms. The Kier molecular flexibility index (Phi) is 3.40. The number of ether oxygens (including phenoxy) is 1. The standard InChI is InChI=1S/C9H17NO/c1-11-9(10)8-6-4-2-3-5-7-8/h8,10H,2-7H2,1H3. The van der Waals surface area contributed by atoms with Crippen LogP contribution in [-0.4, -0.2) is 13.0 Å². The van der Waals surface area contributed by atoms with Gasteiger partial charge in [0.1, 0.15) is 0 Å². The van der Waals surface area contributed by atoms with Crippen molar-refractivity contribution in [1.82, 2.24) is 0 Å². The smallest absolute Gasteiger partial charge is 0.183 e. The van der Waals surface area contributed by atoms with E-state index in [1.54, 1.807) is 7.11 Å². The van der Waals surface area contributed by atoms with Crippen LogP contribution in [0, 0.1) is 11.3 Å². The van der Waals surface area contributed by atoms with Gasteiger partial charge in [0.25, 0.3) is 0 Å². The Morgan fingerprint density at radius 1 is 1.18 bits per heavy atom. The fourth-order valence-electron chi connectivity index (χ4n) is 1.71.